The second-order valence-electron chi connectivity index (χ2n) is 6.63. The molecule has 2 rings (SSSR count). The highest BCUT2D eigenvalue weighted by Crippen LogP contribution is 2.22. The van der Waals surface area contributed by atoms with Crippen molar-refractivity contribution in [1.82, 2.24) is 4.98 Å². The lowest BCUT2D eigenvalue weighted by Gasteiger charge is -2.15. The van der Waals surface area contributed by atoms with Gasteiger partial charge in [0.15, 0.2) is 6.10 Å². The van der Waals surface area contributed by atoms with Gasteiger partial charge in [-0.1, -0.05) is 37.3 Å². The summed E-state index contributed by atoms with van der Waals surface area (Å²) in [6, 6.07) is 9.65. The predicted octanol–water partition coefficient (Wildman–Crippen LogP) is 3.73. The number of H-pyrrole nitrogens is 1. The Kier molecular flexibility index (Phi) is 6.55. The van der Waals surface area contributed by atoms with Crippen LogP contribution in [-0.4, -0.2) is 35.9 Å². The predicted molar refractivity (Wildman–Crippen MR) is 101 cm³/mol. The Morgan fingerprint density at radius 3 is 2.30 bits per heavy atom. The molecule has 1 aromatic carbocycles. The number of aromatic amines is 1. The first-order valence-electron chi connectivity index (χ1n) is 8.82. The first-order valence-corrected chi connectivity index (χ1v) is 8.82. The number of Topliss-reactive ketones (excluding diaryl/α,β-unsaturated/α-hetero) is 1. The summed E-state index contributed by atoms with van der Waals surface area (Å²) in [5.74, 6) is -1.35. The molecule has 0 aliphatic rings. The lowest BCUT2D eigenvalue weighted by atomic mass is 9.98. The summed E-state index contributed by atoms with van der Waals surface area (Å²) in [5, 5.41) is 0. The zero-order valence-corrected chi connectivity index (χ0v) is 16.3. The van der Waals surface area contributed by atoms with Crippen LogP contribution in [0, 0.1) is 13.8 Å². The molecule has 0 saturated carbocycles. The first kappa shape index (κ1) is 20.4. The molecule has 27 heavy (non-hydrogen) atoms. The normalized spacial score (nSPS) is 12.9. The van der Waals surface area contributed by atoms with Gasteiger partial charge in [-0.2, -0.15) is 0 Å². The molecule has 0 aliphatic heterocycles. The van der Waals surface area contributed by atoms with Gasteiger partial charge in [0, 0.05) is 5.69 Å². The van der Waals surface area contributed by atoms with Gasteiger partial charge in [-0.25, -0.2) is 4.79 Å². The third kappa shape index (κ3) is 4.64. The fraction of sp³-hybridized carbons (Fsp3) is 0.381. The molecular formula is C21H25NO5. The topological polar surface area (TPSA) is 85.5 Å². The molecule has 0 fully saturated rings. The van der Waals surface area contributed by atoms with Gasteiger partial charge < -0.3 is 14.5 Å². The van der Waals surface area contributed by atoms with Gasteiger partial charge in [-0.05, 0) is 37.8 Å². The Morgan fingerprint density at radius 1 is 1.07 bits per heavy atom. The molecule has 0 bridgehead atoms. The van der Waals surface area contributed by atoms with E-state index in [1.54, 1.807) is 13.8 Å². The number of esters is 2. The first-order chi connectivity index (χ1) is 12.8. The van der Waals surface area contributed by atoms with Crippen LogP contribution in [-0.2, 0) is 14.3 Å². The Hall–Kier alpha value is -2.89. The van der Waals surface area contributed by atoms with Crippen molar-refractivity contribution in [2.24, 2.45) is 0 Å². The average Bonchev–Trinajstić information content (AvgIpc) is 2.95. The SMILES string of the molecule is COC(=O)c1c(C)[nH]c(C(=O)[C@@H](C)OC(=O)C[C@H](C)c2ccccc2)c1C. The van der Waals surface area contributed by atoms with E-state index in [0.29, 0.717) is 16.8 Å². The maximum absolute atomic E-state index is 12.7. The Bertz CT molecular complexity index is 838. The number of hydrogen-bond acceptors (Lipinski definition) is 5. The Balaban J connectivity index is 2.05. The summed E-state index contributed by atoms with van der Waals surface area (Å²) in [4.78, 5) is 39.7. The van der Waals surface area contributed by atoms with E-state index >= 15 is 0 Å². The van der Waals surface area contributed by atoms with Crippen LogP contribution in [0.25, 0.3) is 0 Å². The van der Waals surface area contributed by atoms with Gasteiger partial charge in [-0.3, -0.25) is 9.59 Å². The van der Waals surface area contributed by atoms with E-state index in [0.717, 1.165) is 5.56 Å². The molecule has 6 heteroatoms. The van der Waals surface area contributed by atoms with Crippen molar-refractivity contribution in [1.29, 1.82) is 0 Å². The van der Waals surface area contributed by atoms with Gasteiger partial charge in [0.1, 0.15) is 0 Å². The second-order valence-corrected chi connectivity index (χ2v) is 6.63. The maximum atomic E-state index is 12.7. The number of aryl methyl sites for hydroxylation is 1. The van der Waals surface area contributed by atoms with E-state index in [4.69, 9.17) is 9.47 Å². The third-order valence-electron chi connectivity index (χ3n) is 4.59. The summed E-state index contributed by atoms with van der Waals surface area (Å²) in [5.41, 5.74) is 2.65. The lowest BCUT2D eigenvalue weighted by Crippen LogP contribution is -2.26. The zero-order chi connectivity index (χ0) is 20.1. The van der Waals surface area contributed by atoms with Crippen molar-refractivity contribution >= 4 is 17.7 Å². The lowest BCUT2D eigenvalue weighted by molar-refractivity contribution is -0.146. The average molecular weight is 371 g/mol. The number of aromatic nitrogens is 1. The molecule has 0 radical (unpaired) electrons. The molecule has 1 aromatic heterocycles. The molecular weight excluding hydrogens is 346 g/mol. The van der Waals surface area contributed by atoms with E-state index in [1.807, 2.05) is 37.3 Å². The molecule has 0 aliphatic carbocycles. The zero-order valence-electron chi connectivity index (χ0n) is 16.3. The summed E-state index contributed by atoms with van der Waals surface area (Å²) in [6.45, 7) is 6.81. The highest BCUT2D eigenvalue weighted by atomic mass is 16.5. The number of methoxy groups -OCH3 is 1. The van der Waals surface area contributed by atoms with E-state index in [1.165, 1.54) is 14.0 Å². The van der Waals surface area contributed by atoms with E-state index < -0.39 is 18.0 Å². The smallest absolute Gasteiger partial charge is 0.339 e. The molecule has 2 aromatic rings. The number of ketones is 1. The van der Waals surface area contributed by atoms with Crippen molar-refractivity contribution in [3.05, 3.63) is 58.4 Å². The number of carbonyl (C=O) groups excluding carboxylic acids is 3. The van der Waals surface area contributed by atoms with Crippen molar-refractivity contribution in [3.8, 4) is 0 Å². The minimum atomic E-state index is -0.956. The summed E-state index contributed by atoms with van der Waals surface area (Å²) in [7, 11) is 1.29. The highest BCUT2D eigenvalue weighted by Gasteiger charge is 2.27. The van der Waals surface area contributed by atoms with Crippen molar-refractivity contribution in [2.45, 2.75) is 46.1 Å². The minimum absolute atomic E-state index is 0.0126. The third-order valence-corrected chi connectivity index (χ3v) is 4.59. The molecule has 0 amide bonds. The largest absolute Gasteiger partial charge is 0.465 e. The van der Waals surface area contributed by atoms with E-state index in [9.17, 15) is 14.4 Å². The Morgan fingerprint density at radius 2 is 1.70 bits per heavy atom. The van der Waals surface area contributed by atoms with Crippen LogP contribution >= 0.6 is 0 Å². The van der Waals surface area contributed by atoms with Crippen LogP contribution in [0.3, 0.4) is 0 Å². The van der Waals surface area contributed by atoms with Crippen LogP contribution < -0.4 is 0 Å². The summed E-state index contributed by atoms with van der Waals surface area (Å²) >= 11 is 0. The molecule has 144 valence electrons. The van der Waals surface area contributed by atoms with Gasteiger partial charge in [-0.15, -0.1) is 0 Å². The minimum Gasteiger partial charge on any atom is -0.465 e. The number of nitrogens with one attached hydrogen (secondary N) is 1. The van der Waals surface area contributed by atoms with Crippen molar-refractivity contribution < 1.29 is 23.9 Å². The fourth-order valence-electron chi connectivity index (χ4n) is 3.06. The van der Waals surface area contributed by atoms with Crippen molar-refractivity contribution in [3.63, 3.8) is 0 Å². The quantitative estimate of drug-likeness (QED) is 0.592. The van der Waals surface area contributed by atoms with Crippen LogP contribution in [0.4, 0.5) is 0 Å². The van der Waals surface area contributed by atoms with Crippen LogP contribution in [0.15, 0.2) is 30.3 Å². The number of ether oxygens (including phenoxy) is 2. The number of hydrogen-bond donors (Lipinski definition) is 1. The van der Waals surface area contributed by atoms with Gasteiger partial charge in [0.2, 0.25) is 5.78 Å². The van der Waals surface area contributed by atoms with E-state index in [-0.39, 0.29) is 23.8 Å². The van der Waals surface area contributed by atoms with E-state index in [2.05, 4.69) is 4.98 Å². The standard InChI is InChI=1S/C21H25NO5/c1-12(16-9-7-6-8-10-16)11-17(23)27-15(4)20(24)19-13(2)18(14(3)22-19)21(25)26-5/h6-10,12,15,22H,11H2,1-5H3/t12-,15+/m0/s1. The molecule has 1 N–H and O–H groups in total. The molecule has 2 atom stereocenters. The monoisotopic (exact) mass is 371 g/mol. The fourth-order valence-corrected chi connectivity index (χ4v) is 3.06. The molecule has 1 heterocycles. The van der Waals surface area contributed by atoms with Gasteiger partial charge >= 0.3 is 11.9 Å². The summed E-state index contributed by atoms with van der Waals surface area (Å²) in [6.07, 6.45) is -0.777. The van der Waals surface area contributed by atoms with Crippen LogP contribution in [0.5, 0.6) is 0 Å². The molecule has 6 nitrogen and oxygen atoms in total. The maximum Gasteiger partial charge on any atom is 0.339 e. The number of carbonyl (C=O) groups is 3. The molecule has 0 saturated heterocycles. The molecule has 0 spiro atoms. The molecule has 0 unspecified atom stereocenters. The van der Waals surface area contributed by atoms with Crippen LogP contribution in [0.2, 0.25) is 0 Å². The van der Waals surface area contributed by atoms with Gasteiger partial charge in [0.25, 0.3) is 0 Å². The van der Waals surface area contributed by atoms with Crippen molar-refractivity contribution in [2.75, 3.05) is 7.11 Å². The Labute approximate surface area is 158 Å². The van der Waals surface area contributed by atoms with Gasteiger partial charge in [0.05, 0.1) is 24.8 Å². The summed E-state index contributed by atoms with van der Waals surface area (Å²) < 4.78 is 10.1. The number of rotatable bonds is 7. The van der Waals surface area contributed by atoms with Crippen LogP contribution in [0.1, 0.15) is 63.9 Å². The number of benzene rings is 1. The second kappa shape index (κ2) is 8.66. The highest BCUT2D eigenvalue weighted by molar-refractivity contribution is 6.03.